The van der Waals surface area contributed by atoms with E-state index in [2.05, 4.69) is 16.6 Å². The lowest BCUT2D eigenvalue weighted by atomic mass is 10.0. The van der Waals surface area contributed by atoms with Gasteiger partial charge in [0, 0.05) is 19.3 Å². The van der Waals surface area contributed by atoms with E-state index < -0.39 is 17.7 Å². The number of para-hydroxylation sites is 1. The number of aromatic nitrogens is 2. The largest absolute Gasteiger partial charge is 0.444 e. The Labute approximate surface area is 184 Å². The molecule has 1 aliphatic rings. The molecule has 7 heteroatoms. The monoisotopic (exact) mass is 426 g/mol. The summed E-state index contributed by atoms with van der Waals surface area (Å²) in [5.41, 5.74) is 2.63. The van der Waals surface area contributed by atoms with E-state index in [1.165, 1.54) is 5.56 Å². The average Bonchev–Trinajstić information content (AvgIpc) is 3.11. The van der Waals surface area contributed by atoms with Gasteiger partial charge in [0.25, 0.3) is 0 Å². The third kappa shape index (κ3) is 6.32. The van der Waals surface area contributed by atoms with E-state index >= 15 is 0 Å². The molecule has 1 atom stereocenters. The standard InChI is InChI=1S/C24H34N4O3/c1-18-19(17-28(26-18)20-12-6-5-7-13-20)11-10-15-25-22(29)21-14-8-9-16-27(21)23(30)31-24(2,3)4/h5-7,12-13,17,21H,8-11,14-16H2,1-4H3,(H,25,29). The number of nitrogens with one attached hydrogen (secondary N) is 1. The van der Waals surface area contributed by atoms with Gasteiger partial charge in [-0.2, -0.15) is 5.10 Å². The zero-order valence-corrected chi connectivity index (χ0v) is 19.1. The lowest BCUT2D eigenvalue weighted by Gasteiger charge is -2.35. The van der Waals surface area contributed by atoms with E-state index in [0.717, 1.165) is 37.1 Å². The predicted molar refractivity (Wildman–Crippen MR) is 120 cm³/mol. The van der Waals surface area contributed by atoms with Crippen LogP contribution in [0.25, 0.3) is 5.69 Å². The van der Waals surface area contributed by atoms with Gasteiger partial charge in [-0.15, -0.1) is 0 Å². The Morgan fingerprint density at radius 2 is 1.94 bits per heavy atom. The molecule has 7 nitrogen and oxygen atoms in total. The highest BCUT2D eigenvalue weighted by Gasteiger charge is 2.34. The summed E-state index contributed by atoms with van der Waals surface area (Å²) in [5.74, 6) is -0.0951. The average molecular weight is 427 g/mol. The third-order valence-electron chi connectivity index (χ3n) is 5.38. The second kappa shape index (κ2) is 9.98. The minimum Gasteiger partial charge on any atom is -0.444 e. The summed E-state index contributed by atoms with van der Waals surface area (Å²) in [5, 5.41) is 7.61. The topological polar surface area (TPSA) is 76.5 Å². The van der Waals surface area contributed by atoms with Crippen molar-refractivity contribution in [3.05, 3.63) is 47.8 Å². The molecule has 0 saturated carbocycles. The first-order valence-corrected chi connectivity index (χ1v) is 11.1. The summed E-state index contributed by atoms with van der Waals surface area (Å²) in [6, 6.07) is 9.57. The maximum Gasteiger partial charge on any atom is 0.410 e. The quantitative estimate of drug-likeness (QED) is 0.708. The van der Waals surface area contributed by atoms with Crippen LogP contribution < -0.4 is 5.32 Å². The van der Waals surface area contributed by atoms with Gasteiger partial charge in [0.15, 0.2) is 0 Å². The van der Waals surface area contributed by atoms with Crippen LogP contribution in [0.3, 0.4) is 0 Å². The second-order valence-corrected chi connectivity index (χ2v) is 9.10. The fourth-order valence-electron chi connectivity index (χ4n) is 3.81. The Balaban J connectivity index is 1.50. The van der Waals surface area contributed by atoms with E-state index in [4.69, 9.17) is 4.74 Å². The second-order valence-electron chi connectivity index (χ2n) is 9.10. The van der Waals surface area contributed by atoms with Crippen molar-refractivity contribution >= 4 is 12.0 Å². The van der Waals surface area contributed by atoms with Crippen LogP contribution in [0.1, 0.15) is 57.7 Å². The maximum absolute atomic E-state index is 12.8. The Bertz CT molecular complexity index is 886. The van der Waals surface area contributed by atoms with E-state index in [9.17, 15) is 9.59 Å². The fourth-order valence-corrected chi connectivity index (χ4v) is 3.81. The van der Waals surface area contributed by atoms with Crippen molar-refractivity contribution in [3.8, 4) is 5.69 Å². The molecule has 1 aliphatic heterocycles. The van der Waals surface area contributed by atoms with E-state index in [1.54, 1.807) is 4.90 Å². The Morgan fingerprint density at radius 1 is 1.19 bits per heavy atom. The molecule has 31 heavy (non-hydrogen) atoms. The normalized spacial score (nSPS) is 16.8. The van der Waals surface area contributed by atoms with Crippen molar-refractivity contribution in [1.29, 1.82) is 0 Å². The van der Waals surface area contributed by atoms with Crippen molar-refractivity contribution in [2.75, 3.05) is 13.1 Å². The molecular weight excluding hydrogens is 392 g/mol. The summed E-state index contributed by atoms with van der Waals surface area (Å²) in [6.07, 6.45) is 5.80. The molecule has 3 rings (SSSR count). The first-order chi connectivity index (χ1) is 14.7. The molecule has 1 fully saturated rings. The van der Waals surface area contributed by atoms with Crippen LogP contribution in [-0.2, 0) is 16.0 Å². The molecule has 0 spiro atoms. The number of benzene rings is 1. The number of piperidine rings is 1. The van der Waals surface area contributed by atoms with Crippen LogP contribution in [0.4, 0.5) is 4.79 Å². The number of aryl methyl sites for hydroxylation is 2. The SMILES string of the molecule is Cc1nn(-c2ccccc2)cc1CCCNC(=O)C1CCCCN1C(=O)OC(C)(C)C. The highest BCUT2D eigenvalue weighted by molar-refractivity contribution is 5.85. The van der Waals surface area contributed by atoms with Crippen LogP contribution in [0.2, 0.25) is 0 Å². The number of rotatable bonds is 6. The van der Waals surface area contributed by atoms with Crippen LogP contribution in [0.15, 0.2) is 36.5 Å². The highest BCUT2D eigenvalue weighted by Crippen LogP contribution is 2.21. The van der Waals surface area contributed by atoms with Crippen molar-refractivity contribution in [1.82, 2.24) is 20.0 Å². The van der Waals surface area contributed by atoms with Crippen molar-refractivity contribution in [3.63, 3.8) is 0 Å². The Hall–Kier alpha value is -2.83. The predicted octanol–water partition coefficient (Wildman–Crippen LogP) is 4.02. The Kier molecular flexibility index (Phi) is 7.36. The minimum absolute atomic E-state index is 0.0951. The molecule has 1 N–H and O–H groups in total. The number of hydrogen-bond donors (Lipinski definition) is 1. The van der Waals surface area contributed by atoms with Crippen LogP contribution in [0, 0.1) is 6.92 Å². The van der Waals surface area contributed by atoms with Crippen LogP contribution >= 0.6 is 0 Å². The van der Waals surface area contributed by atoms with Crippen molar-refractivity contribution in [2.24, 2.45) is 0 Å². The lowest BCUT2D eigenvalue weighted by molar-refractivity contribution is -0.127. The smallest absolute Gasteiger partial charge is 0.410 e. The van der Waals surface area contributed by atoms with Crippen LogP contribution in [0.5, 0.6) is 0 Å². The van der Waals surface area contributed by atoms with Gasteiger partial charge in [0.1, 0.15) is 11.6 Å². The molecule has 1 aromatic carbocycles. The number of hydrogen-bond acceptors (Lipinski definition) is 4. The molecule has 0 aliphatic carbocycles. The molecule has 0 bridgehead atoms. The van der Waals surface area contributed by atoms with Gasteiger partial charge in [0.05, 0.1) is 11.4 Å². The highest BCUT2D eigenvalue weighted by atomic mass is 16.6. The van der Waals surface area contributed by atoms with E-state index in [1.807, 2.05) is 62.7 Å². The lowest BCUT2D eigenvalue weighted by Crippen LogP contribution is -2.53. The van der Waals surface area contributed by atoms with Gasteiger partial charge in [-0.05, 0) is 77.5 Å². The van der Waals surface area contributed by atoms with Gasteiger partial charge in [-0.25, -0.2) is 9.48 Å². The number of carbonyl (C=O) groups is 2. The Morgan fingerprint density at radius 3 is 2.65 bits per heavy atom. The van der Waals surface area contributed by atoms with E-state index in [-0.39, 0.29) is 5.91 Å². The number of likely N-dealkylation sites (tertiary alicyclic amines) is 1. The number of carbonyl (C=O) groups excluding carboxylic acids is 2. The van der Waals surface area contributed by atoms with Gasteiger partial charge in [-0.3, -0.25) is 9.69 Å². The number of nitrogens with zero attached hydrogens (tertiary/aromatic N) is 3. The molecule has 1 saturated heterocycles. The van der Waals surface area contributed by atoms with Gasteiger partial charge < -0.3 is 10.1 Å². The van der Waals surface area contributed by atoms with Crippen molar-refractivity contribution < 1.29 is 14.3 Å². The first kappa shape index (κ1) is 22.8. The summed E-state index contributed by atoms with van der Waals surface area (Å²) in [7, 11) is 0. The summed E-state index contributed by atoms with van der Waals surface area (Å²) >= 11 is 0. The minimum atomic E-state index is -0.572. The summed E-state index contributed by atoms with van der Waals surface area (Å²) in [6.45, 7) is 8.65. The number of amides is 2. The molecule has 1 aromatic heterocycles. The van der Waals surface area contributed by atoms with Crippen molar-refractivity contribution in [2.45, 2.75) is 71.4 Å². The summed E-state index contributed by atoms with van der Waals surface area (Å²) in [4.78, 5) is 26.9. The summed E-state index contributed by atoms with van der Waals surface area (Å²) < 4.78 is 7.38. The molecule has 1 unspecified atom stereocenters. The molecule has 2 aromatic rings. The van der Waals surface area contributed by atoms with Gasteiger partial charge >= 0.3 is 6.09 Å². The van der Waals surface area contributed by atoms with Gasteiger partial charge in [0.2, 0.25) is 5.91 Å². The molecular formula is C24H34N4O3. The zero-order chi connectivity index (χ0) is 22.4. The maximum atomic E-state index is 12.8. The molecule has 2 amide bonds. The molecule has 0 radical (unpaired) electrons. The first-order valence-electron chi connectivity index (χ1n) is 11.1. The molecule has 2 heterocycles. The van der Waals surface area contributed by atoms with Gasteiger partial charge in [-0.1, -0.05) is 18.2 Å². The van der Waals surface area contributed by atoms with Crippen LogP contribution in [-0.4, -0.2) is 51.4 Å². The zero-order valence-electron chi connectivity index (χ0n) is 19.1. The molecule has 168 valence electrons. The third-order valence-corrected chi connectivity index (χ3v) is 5.38. The van der Waals surface area contributed by atoms with E-state index in [0.29, 0.717) is 19.5 Å². The number of ether oxygens (including phenoxy) is 1. The fraction of sp³-hybridized carbons (Fsp3) is 0.542.